The smallest absolute Gasteiger partial charge is 0.122 e. The molecule has 0 saturated heterocycles. The lowest BCUT2D eigenvalue weighted by molar-refractivity contribution is 0.0925. The molecule has 138 valence electrons. The van der Waals surface area contributed by atoms with Gasteiger partial charge in [-0.05, 0) is 30.4 Å². The number of hydrogen-bond donors (Lipinski definition) is 0. The molecule has 0 saturated carbocycles. The summed E-state index contributed by atoms with van der Waals surface area (Å²) >= 11 is 0. The Morgan fingerprint density at radius 1 is 0.875 bits per heavy atom. The molecule has 0 aliphatic carbocycles. The molecule has 1 aromatic rings. The Kier molecular flexibility index (Phi) is 12.6. The number of hydrogen-bond acceptors (Lipinski definition) is 2. The second kappa shape index (κ2) is 14.3. The summed E-state index contributed by atoms with van der Waals surface area (Å²) in [6.07, 6.45) is 11.3. The van der Waals surface area contributed by atoms with Crippen LogP contribution in [-0.4, -0.2) is 19.8 Å². The molecule has 0 radical (unpaired) electrons. The monoisotopic (exact) mass is 334 g/mol. The Morgan fingerprint density at radius 2 is 1.62 bits per heavy atom. The first-order valence-electron chi connectivity index (χ1n) is 10.1. The molecule has 2 nitrogen and oxygen atoms in total. The standard InChI is InChI=1S/C22H38O2/c1-4-6-7-8-9-10-14-21-15-11-12-16-22(21)24-18-13-17-23-19-20(3)5-2/h11-12,15-16,20H,4-10,13-14,17-19H2,1-3H3. The third kappa shape index (κ3) is 9.97. The fourth-order valence-corrected chi connectivity index (χ4v) is 2.69. The van der Waals surface area contributed by atoms with E-state index < -0.39 is 0 Å². The third-order valence-corrected chi connectivity index (χ3v) is 4.56. The summed E-state index contributed by atoms with van der Waals surface area (Å²) < 4.78 is 11.7. The Morgan fingerprint density at radius 3 is 2.42 bits per heavy atom. The highest BCUT2D eigenvalue weighted by Crippen LogP contribution is 2.21. The van der Waals surface area contributed by atoms with Crippen molar-refractivity contribution in [2.24, 2.45) is 5.92 Å². The van der Waals surface area contributed by atoms with E-state index in [9.17, 15) is 0 Å². The van der Waals surface area contributed by atoms with E-state index in [4.69, 9.17) is 9.47 Å². The van der Waals surface area contributed by atoms with Crippen LogP contribution >= 0.6 is 0 Å². The van der Waals surface area contributed by atoms with Crippen molar-refractivity contribution in [1.82, 2.24) is 0 Å². The van der Waals surface area contributed by atoms with Crippen molar-refractivity contribution in [3.63, 3.8) is 0 Å². The van der Waals surface area contributed by atoms with E-state index in [2.05, 4.69) is 45.0 Å². The molecule has 0 spiro atoms. The van der Waals surface area contributed by atoms with Crippen molar-refractivity contribution in [2.45, 2.75) is 78.6 Å². The van der Waals surface area contributed by atoms with Gasteiger partial charge in [-0.25, -0.2) is 0 Å². The lowest BCUT2D eigenvalue weighted by Crippen LogP contribution is -2.09. The topological polar surface area (TPSA) is 18.5 Å². The molecular weight excluding hydrogens is 296 g/mol. The molecule has 1 aromatic carbocycles. The van der Waals surface area contributed by atoms with Gasteiger partial charge in [-0.3, -0.25) is 0 Å². The second-order valence-electron chi connectivity index (χ2n) is 6.92. The Balaban J connectivity index is 2.18. The summed E-state index contributed by atoms with van der Waals surface area (Å²) in [5, 5.41) is 0. The van der Waals surface area contributed by atoms with Gasteiger partial charge in [-0.15, -0.1) is 0 Å². The minimum atomic E-state index is 0.656. The van der Waals surface area contributed by atoms with Gasteiger partial charge in [0.05, 0.1) is 6.61 Å². The minimum absolute atomic E-state index is 0.656. The quantitative estimate of drug-likeness (QED) is 0.344. The van der Waals surface area contributed by atoms with Crippen molar-refractivity contribution in [3.05, 3.63) is 29.8 Å². The van der Waals surface area contributed by atoms with Gasteiger partial charge in [0.2, 0.25) is 0 Å². The van der Waals surface area contributed by atoms with Crippen LogP contribution in [0.1, 0.15) is 77.7 Å². The van der Waals surface area contributed by atoms with Crippen LogP contribution in [0.5, 0.6) is 5.75 Å². The summed E-state index contributed by atoms with van der Waals surface area (Å²) in [4.78, 5) is 0. The molecule has 24 heavy (non-hydrogen) atoms. The molecule has 0 fully saturated rings. The number of unbranched alkanes of at least 4 members (excludes halogenated alkanes) is 5. The molecule has 1 atom stereocenters. The lowest BCUT2D eigenvalue weighted by atomic mass is 10.0. The first-order valence-corrected chi connectivity index (χ1v) is 10.1. The van der Waals surface area contributed by atoms with Gasteiger partial charge in [0.1, 0.15) is 5.75 Å². The zero-order valence-corrected chi connectivity index (χ0v) is 16.2. The van der Waals surface area contributed by atoms with E-state index in [1.807, 2.05) is 0 Å². The molecule has 0 aromatic heterocycles. The normalized spacial score (nSPS) is 12.3. The van der Waals surface area contributed by atoms with Crippen molar-refractivity contribution in [3.8, 4) is 5.75 Å². The van der Waals surface area contributed by atoms with Crippen molar-refractivity contribution < 1.29 is 9.47 Å². The highest BCUT2D eigenvalue weighted by Gasteiger charge is 2.03. The molecule has 0 aliphatic heterocycles. The third-order valence-electron chi connectivity index (χ3n) is 4.56. The van der Waals surface area contributed by atoms with Crippen LogP contribution in [0, 0.1) is 5.92 Å². The first-order chi connectivity index (χ1) is 11.8. The number of aryl methyl sites for hydroxylation is 1. The number of para-hydroxylation sites is 1. The van der Waals surface area contributed by atoms with Gasteiger partial charge >= 0.3 is 0 Å². The summed E-state index contributed by atoms with van der Waals surface area (Å²) in [7, 11) is 0. The summed E-state index contributed by atoms with van der Waals surface area (Å²) in [6.45, 7) is 9.11. The Hall–Kier alpha value is -1.02. The number of rotatable bonds is 15. The van der Waals surface area contributed by atoms with E-state index in [1.165, 1.54) is 50.5 Å². The maximum Gasteiger partial charge on any atom is 0.122 e. The highest BCUT2D eigenvalue weighted by molar-refractivity contribution is 5.33. The van der Waals surface area contributed by atoms with Crippen LogP contribution in [0.2, 0.25) is 0 Å². The minimum Gasteiger partial charge on any atom is -0.493 e. The first kappa shape index (κ1) is 21.0. The average molecular weight is 335 g/mol. The zero-order chi connectivity index (χ0) is 17.5. The van der Waals surface area contributed by atoms with Gasteiger partial charge in [-0.1, -0.05) is 77.5 Å². The predicted octanol–water partition coefficient (Wildman–Crippen LogP) is 6.42. The van der Waals surface area contributed by atoms with Crippen molar-refractivity contribution in [1.29, 1.82) is 0 Å². The van der Waals surface area contributed by atoms with Gasteiger partial charge < -0.3 is 9.47 Å². The predicted molar refractivity (Wildman–Crippen MR) is 104 cm³/mol. The number of benzene rings is 1. The highest BCUT2D eigenvalue weighted by atomic mass is 16.5. The Labute approximate surface area is 149 Å². The van der Waals surface area contributed by atoms with E-state index in [0.717, 1.165) is 38.4 Å². The van der Waals surface area contributed by atoms with Crippen molar-refractivity contribution in [2.75, 3.05) is 19.8 Å². The zero-order valence-electron chi connectivity index (χ0n) is 16.2. The molecule has 0 amide bonds. The number of ether oxygens (including phenoxy) is 2. The SMILES string of the molecule is CCCCCCCCc1ccccc1OCCCOCC(C)CC. The lowest BCUT2D eigenvalue weighted by Gasteiger charge is -2.12. The van der Waals surface area contributed by atoms with Crippen LogP contribution in [-0.2, 0) is 11.2 Å². The maximum absolute atomic E-state index is 5.99. The molecule has 0 heterocycles. The summed E-state index contributed by atoms with van der Waals surface area (Å²) in [6, 6.07) is 8.50. The summed E-state index contributed by atoms with van der Waals surface area (Å²) in [5.41, 5.74) is 1.36. The molecule has 0 N–H and O–H groups in total. The largest absolute Gasteiger partial charge is 0.493 e. The van der Waals surface area contributed by atoms with Crippen LogP contribution in [0.4, 0.5) is 0 Å². The Bertz CT molecular complexity index is 403. The molecule has 2 heteroatoms. The second-order valence-corrected chi connectivity index (χ2v) is 6.92. The average Bonchev–Trinajstić information content (AvgIpc) is 2.61. The molecule has 0 aliphatic rings. The van der Waals surface area contributed by atoms with Crippen LogP contribution in [0.25, 0.3) is 0 Å². The fraction of sp³-hybridized carbons (Fsp3) is 0.727. The molecule has 0 bridgehead atoms. The van der Waals surface area contributed by atoms with Crippen LogP contribution in [0.3, 0.4) is 0 Å². The molecular formula is C22H38O2. The van der Waals surface area contributed by atoms with E-state index >= 15 is 0 Å². The van der Waals surface area contributed by atoms with E-state index in [-0.39, 0.29) is 0 Å². The van der Waals surface area contributed by atoms with E-state index in [1.54, 1.807) is 0 Å². The summed E-state index contributed by atoms with van der Waals surface area (Å²) in [5.74, 6) is 1.72. The fourth-order valence-electron chi connectivity index (χ4n) is 2.69. The van der Waals surface area contributed by atoms with Gasteiger partial charge in [0.25, 0.3) is 0 Å². The van der Waals surface area contributed by atoms with Gasteiger partial charge in [0.15, 0.2) is 0 Å². The van der Waals surface area contributed by atoms with Crippen LogP contribution in [0.15, 0.2) is 24.3 Å². The molecule has 1 rings (SSSR count). The van der Waals surface area contributed by atoms with Crippen molar-refractivity contribution >= 4 is 0 Å². The van der Waals surface area contributed by atoms with Crippen LogP contribution < -0.4 is 4.74 Å². The van der Waals surface area contributed by atoms with Gasteiger partial charge in [-0.2, -0.15) is 0 Å². The maximum atomic E-state index is 5.99. The van der Waals surface area contributed by atoms with Gasteiger partial charge in [0, 0.05) is 19.6 Å². The molecule has 1 unspecified atom stereocenters. The van der Waals surface area contributed by atoms with E-state index in [0.29, 0.717) is 5.92 Å².